The summed E-state index contributed by atoms with van der Waals surface area (Å²) in [7, 11) is -3.24. The molecule has 3 aliphatic rings. The summed E-state index contributed by atoms with van der Waals surface area (Å²) in [6.07, 6.45) is 2.87. The lowest BCUT2D eigenvalue weighted by atomic mass is 10.2. The monoisotopic (exact) mass is 496 g/mol. The van der Waals surface area contributed by atoms with Crippen molar-refractivity contribution in [3.63, 3.8) is 0 Å². The van der Waals surface area contributed by atoms with E-state index in [4.69, 9.17) is 16.3 Å². The summed E-state index contributed by atoms with van der Waals surface area (Å²) in [5.41, 5.74) is 0.549. The average Bonchev–Trinajstić information content (AvgIpc) is 3.58. The largest absolute Gasteiger partial charge is 0.483 e. The van der Waals surface area contributed by atoms with Crippen LogP contribution in [0.4, 0.5) is 10.1 Å². The highest BCUT2D eigenvalue weighted by atomic mass is 35.5. The van der Waals surface area contributed by atoms with Gasteiger partial charge in [0.25, 0.3) is 0 Å². The molecule has 2 aliphatic carbocycles. The molecule has 1 aromatic carbocycles. The van der Waals surface area contributed by atoms with Gasteiger partial charge < -0.3 is 9.64 Å². The van der Waals surface area contributed by atoms with E-state index >= 15 is 0 Å². The molecule has 1 saturated heterocycles. The lowest BCUT2D eigenvalue weighted by Crippen LogP contribution is -2.50. The summed E-state index contributed by atoms with van der Waals surface area (Å²) in [6, 6.07) is 6.79. The lowest BCUT2D eigenvalue weighted by molar-refractivity contribution is 0.193. The Balaban J connectivity index is 1.45. The van der Waals surface area contributed by atoms with E-state index in [1.807, 2.05) is 4.90 Å². The number of ether oxygens (including phenoxy) is 1. The van der Waals surface area contributed by atoms with Gasteiger partial charge in [-0.1, -0.05) is 17.7 Å². The van der Waals surface area contributed by atoms with Crippen LogP contribution in [-0.2, 0) is 10.0 Å². The number of sulfonamides is 1. The van der Waals surface area contributed by atoms with Crippen molar-refractivity contribution < 1.29 is 17.5 Å². The highest BCUT2D eigenvalue weighted by molar-refractivity contribution is 7.90. The minimum Gasteiger partial charge on any atom is -0.483 e. The highest BCUT2D eigenvalue weighted by Gasteiger charge is 2.41. The van der Waals surface area contributed by atoms with Gasteiger partial charge in [0.2, 0.25) is 15.8 Å². The van der Waals surface area contributed by atoms with Gasteiger partial charge in [-0.2, -0.15) is 14.1 Å². The van der Waals surface area contributed by atoms with Crippen molar-refractivity contribution in [2.45, 2.75) is 49.6 Å². The van der Waals surface area contributed by atoms with Gasteiger partial charge in [-0.25, -0.2) is 12.8 Å². The minimum atomic E-state index is -3.24. The van der Waals surface area contributed by atoms with E-state index in [2.05, 4.69) is 5.10 Å². The maximum absolute atomic E-state index is 13.8. The molecule has 3 fully saturated rings. The third-order valence-electron chi connectivity index (χ3n) is 6.46. The Morgan fingerprint density at radius 3 is 2.48 bits per heavy atom. The second-order valence-electron chi connectivity index (χ2n) is 8.84. The molecule has 33 heavy (non-hydrogen) atoms. The minimum absolute atomic E-state index is 0.113. The third kappa shape index (κ3) is 4.61. The predicted octanol–water partition coefficient (Wildman–Crippen LogP) is 2.77. The zero-order chi connectivity index (χ0) is 23.2. The molecule has 1 aromatic heterocycles. The zero-order valence-electron chi connectivity index (χ0n) is 18.1. The van der Waals surface area contributed by atoms with Crippen LogP contribution in [0.1, 0.15) is 32.1 Å². The first kappa shape index (κ1) is 22.6. The number of halogens is 2. The molecule has 8 nitrogen and oxygen atoms in total. The maximum atomic E-state index is 13.8. The van der Waals surface area contributed by atoms with Gasteiger partial charge in [-0.3, -0.25) is 4.79 Å². The lowest BCUT2D eigenvalue weighted by Gasteiger charge is -2.36. The van der Waals surface area contributed by atoms with E-state index in [0.717, 1.165) is 12.8 Å². The molecular weight excluding hydrogens is 471 g/mol. The number of piperazine rings is 1. The van der Waals surface area contributed by atoms with Crippen LogP contribution < -0.4 is 15.2 Å². The normalized spacial score (nSPS) is 24.2. The van der Waals surface area contributed by atoms with Crippen molar-refractivity contribution in [1.29, 1.82) is 0 Å². The number of benzene rings is 1. The van der Waals surface area contributed by atoms with Crippen LogP contribution in [0, 0.1) is 0 Å². The highest BCUT2D eigenvalue weighted by Crippen LogP contribution is 2.34. The Labute approximate surface area is 196 Å². The summed E-state index contributed by atoms with van der Waals surface area (Å²) in [4.78, 5) is 15.4. The molecule has 0 bridgehead atoms. The van der Waals surface area contributed by atoms with Crippen LogP contribution in [0.25, 0.3) is 5.69 Å². The van der Waals surface area contributed by atoms with Crippen LogP contribution in [0.3, 0.4) is 0 Å². The van der Waals surface area contributed by atoms with E-state index in [1.165, 1.54) is 8.99 Å². The summed E-state index contributed by atoms with van der Waals surface area (Å²) >= 11 is 6.09. The van der Waals surface area contributed by atoms with Gasteiger partial charge in [0.1, 0.15) is 18.0 Å². The van der Waals surface area contributed by atoms with E-state index in [1.54, 1.807) is 30.5 Å². The van der Waals surface area contributed by atoms with Crippen LogP contribution in [0.2, 0.25) is 5.02 Å². The van der Waals surface area contributed by atoms with Crippen LogP contribution in [0.15, 0.2) is 35.3 Å². The molecule has 2 atom stereocenters. The summed E-state index contributed by atoms with van der Waals surface area (Å²) in [6.45, 7) is 1.51. The topological polar surface area (TPSA) is 84.7 Å². The number of hydrogen-bond donors (Lipinski definition) is 0. The van der Waals surface area contributed by atoms with Crippen molar-refractivity contribution in [3.8, 4) is 11.4 Å². The molecule has 2 unspecified atom stereocenters. The van der Waals surface area contributed by atoms with E-state index in [9.17, 15) is 17.6 Å². The van der Waals surface area contributed by atoms with Crippen molar-refractivity contribution in [2.75, 3.05) is 31.1 Å². The fraction of sp³-hybridized carbons (Fsp3) is 0.545. The first-order chi connectivity index (χ1) is 15.8. The summed E-state index contributed by atoms with van der Waals surface area (Å²) in [5, 5.41) is 4.56. The molecule has 1 aliphatic heterocycles. The number of anilines is 1. The van der Waals surface area contributed by atoms with E-state index < -0.39 is 27.9 Å². The van der Waals surface area contributed by atoms with Gasteiger partial charge in [-0.05, 0) is 43.9 Å². The number of nitrogens with zero attached hydrogens (tertiary/aromatic N) is 4. The first-order valence-corrected chi connectivity index (χ1v) is 13.1. The van der Waals surface area contributed by atoms with Gasteiger partial charge in [0.05, 0.1) is 17.1 Å². The summed E-state index contributed by atoms with van der Waals surface area (Å²) < 4.78 is 47.8. The Bertz CT molecular complexity index is 1200. The van der Waals surface area contributed by atoms with Gasteiger partial charge in [-0.15, -0.1) is 0 Å². The number of hydrogen-bond acceptors (Lipinski definition) is 6. The number of rotatable bonds is 6. The van der Waals surface area contributed by atoms with Crippen molar-refractivity contribution in [2.24, 2.45) is 0 Å². The van der Waals surface area contributed by atoms with Crippen molar-refractivity contribution in [3.05, 3.63) is 45.8 Å². The van der Waals surface area contributed by atoms with Gasteiger partial charge >= 0.3 is 5.56 Å². The van der Waals surface area contributed by atoms with Crippen molar-refractivity contribution in [1.82, 2.24) is 14.1 Å². The Morgan fingerprint density at radius 1 is 1.09 bits per heavy atom. The molecule has 0 N–H and O–H groups in total. The fourth-order valence-electron chi connectivity index (χ4n) is 4.48. The molecule has 0 radical (unpaired) electrons. The molecule has 178 valence electrons. The zero-order valence-corrected chi connectivity index (χ0v) is 19.6. The molecule has 0 amide bonds. The van der Waals surface area contributed by atoms with Crippen molar-refractivity contribution >= 4 is 27.3 Å². The number of aromatic nitrogens is 2. The fourth-order valence-corrected chi connectivity index (χ4v) is 6.49. The molecular formula is C22H26ClFN4O4S. The van der Waals surface area contributed by atoms with Gasteiger partial charge in [0.15, 0.2) is 0 Å². The Morgan fingerprint density at radius 2 is 1.85 bits per heavy atom. The molecule has 11 heteroatoms. The van der Waals surface area contributed by atoms with Gasteiger partial charge in [0, 0.05) is 37.6 Å². The Hall–Kier alpha value is -2.17. The Kier molecular flexibility index (Phi) is 6.09. The standard InChI is InChI=1S/C22H26ClFN4O4S/c23-15-2-1-3-17(12-15)28-22(29)21(32-18-5-4-16(24)13-18)20(14-25-28)26-8-10-27(11-9-26)33(30,31)19-6-7-19/h1-3,12,14,16,18-19H,4-11,13H2. The molecule has 2 aromatic rings. The second kappa shape index (κ2) is 8.88. The average molecular weight is 497 g/mol. The second-order valence-corrected chi connectivity index (χ2v) is 11.5. The van der Waals surface area contributed by atoms with E-state index in [0.29, 0.717) is 55.4 Å². The predicted molar refractivity (Wildman–Crippen MR) is 124 cm³/mol. The van der Waals surface area contributed by atoms with E-state index in [-0.39, 0.29) is 17.4 Å². The van der Waals surface area contributed by atoms with Crippen LogP contribution in [-0.4, -0.2) is 66.2 Å². The van der Waals surface area contributed by atoms with Crippen LogP contribution >= 0.6 is 11.6 Å². The van der Waals surface area contributed by atoms with Crippen LogP contribution in [0.5, 0.6) is 5.75 Å². The quantitative estimate of drug-likeness (QED) is 0.611. The molecule has 2 heterocycles. The first-order valence-electron chi connectivity index (χ1n) is 11.3. The number of alkyl halides is 1. The molecule has 0 spiro atoms. The maximum Gasteiger partial charge on any atom is 0.316 e. The smallest absolute Gasteiger partial charge is 0.316 e. The molecule has 2 saturated carbocycles. The molecule has 5 rings (SSSR count). The SMILES string of the molecule is O=c1c(OC2CCC(F)C2)c(N2CCN(S(=O)(=O)C3CC3)CC2)cnn1-c1cccc(Cl)c1. The third-order valence-corrected chi connectivity index (χ3v) is 9.09. The summed E-state index contributed by atoms with van der Waals surface area (Å²) in [5.74, 6) is 0.113.